The van der Waals surface area contributed by atoms with E-state index in [4.69, 9.17) is 14.2 Å². The van der Waals surface area contributed by atoms with Gasteiger partial charge in [0, 0.05) is 32.7 Å². The molecule has 28 heavy (non-hydrogen) atoms. The standard InChI is InChI=1S/C21H25FN2O4/c1-26-17-8-7-15(13-16(17)22)14-23-9-11-24(12-10-23)21(25)20-18(27-2)5-4-6-19(20)28-3/h4-8,13H,9-12,14H2,1-3H3. The van der Waals surface area contributed by atoms with Crippen molar-refractivity contribution < 1.29 is 23.4 Å². The van der Waals surface area contributed by atoms with Crippen LogP contribution < -0.4 is 14.2 Å². The molecular formula is C21H25FN2O4. The zero-order valence-corrected chi connectivity index (χ0v) is 16.4. The SMILES string of the molecule is COc1ccc(CN2CCN(C(=O)c3c(OC)cccc3OC)CC2)cc1F. The van der Waals surface area contributed by atoms with Gasteiger partial charge in [-0.2, -0.15) is 0 Å². The van der Waals surface area contributed by atoms with Crippen molar-refractivity contribution in [3.63, 3.8) is 0 Å². The molecule has 0 atom stereocenters. The molecule has 0 spiro atoms. The third-order valence-electron chi connectivity index (χ3n) is 4.92. The number of rotatable bonds is 6. The van der Waals surface area contributed by atoms with E-state index < -0.39 is 0 Å². The molecule has 1 aliphatic rings. The summed E-state index contributed by atoms with van der Waals surface area (Å²) >= 11 is 0. The maximum atomic E-state index is 13.9. The highest BCUT2D eigenvalue weighted by Gasteiger charge is 2.27. The van der Waals surface area contributed by atoms with Crippen LogP contribution >= 0.6 is 0 Å². The number of piperazine rings is 1. The highest BCUT2D eigenvalue weighted by Crippen LogP contribution is 2.30. The highest BCUT2D eigenvalue weighted by atomic mass is 19.1. The molecule has 150 valence electrons. The smallest absolute Gasteiger partial charge is 0.261 e. The van der Waals surface area contributed by atoms with E-state index in [2.05, 4.69) is 4.90 Å². The van der Waals surface area contributed by atoms with Crippen molar-refractivity contribution >= 4 is 5.91 Å². The zero-order valence-electron chi connectivity index (χ0n) is 16.4. The summed E-state index contributed by atoms with van der Waals surface area (Å²) in [6, 6.07) is 10.3. The van der Waals surface area contributed by atoms with E-state index in [0.29, 0.717) is 49.8 Å². The van der Waals surface area contributed by atoms with Crippen molar-refractivity contribution in [2.75, 3.05) is 47.5 Å². The number of nitrogens with zero attached hydrogens (tertiary/aromatic N) is 2. The molecule has 7 heteroatoms. The lowest BCUT2D eigenvalue weighted by atomic mass is 10.1. The van der Waals surface area contributed by atoms with Crippen molar-refractivity contribution in [1.82, 2.24) is 9.80 Å². The third-order valence-corrected chi connectivity index (χ3v) is 4.92. The van der Waals surface area contributed by atoms with Crippen LogP contribution in [0.1, 0.15) is 15.9 Å². The molecule has 6 nitrogen and oxygen atoms in total. The molecule has 1 saturated heterocycles. The van der Waals surface area contributed by atoms with Gasteiger partial charge in [0.1, 0.15) is 17.1 Å². The predicted molar refractivity (Wildman–Crippen MR) is 104 cm³/mol. The van der Waals surface area contributed by atoms with Crippen LogP contribution in [0.3, 0.4) is 0 Å². The van der Waals surface area contributed by atoms with Crippen LogP contribution in [0, 0.1) is 5.82 Å². The number of hydrogen-bond acceptors (Lipinski definition) is 5. The molecule has 0 radical (unpaired) electrons. The number of hydrogen-bond donors (Lipinski definition) is 0. The van der Waals surface area contributed by atoms with Crippen LogP contribution in [0.2, 0.25) is 0 Å². The summed E-state index contributed by atoms with van der Waals surface area (Å²) in [6.07, 6.45) is 0. The van der Waals surface area contributed by atoms with E-state index in [0.717, 1.165) is 5.56 Å². The molecule has 0 bridgehead atoms. The Morgan fingerprint density at radius 2 is 1.54 bits per heavy atom. The van der Waals surface area contributed by atoms with Gasteiger partial charge < -0.3 is 19.1 Å². The van der Waals surface area contributed by atoms with Gasteiger partial charge in [0.25, 0.3) is 5.91 Å². The molecule has 0 saturated carbocycles. The van der Waals surface area contributed by atoms with Gasteiger partial charge in [-0.15, -0.1) is 0 Å². The van der Waals surface area contributed by atoms with Crippen molar-refractivity contribution in [2.45, 2.75) is 6.54 Å². The topological polar surface area (TPSA) is 51.2 Å². The molecule has 0 aromatic heterocycles. The Morgan fingerprint density at radius 1 is 0.929 bits per heavy atom. The Morgan fingerprint density at radius 3 is 2.07 bits per heavy atom. The molecule has 0 unspecified atom stereocenters. The van der Waals surface area contributed by atoms with Crippen LogP contribution in [0.4, 0.5) is 4.39 Å². The second-order valence-electron chi connectivity index (χ2n) is 6.57. The molecule has 0 aliphatic carbocycles. The minimum absolute atomic E-state index is 0.107. The fourth-order valence-electron chi connectivity index (χ4n) is 3.40. The van der Waals surface area contributed by atoms with E-state index >= 15 is 0 Å². The lowest BCUT2D eigenvalue weighted by Gasteiger charge is -2.35. The largest absolute Gasteiger partial charge is 0.496 e. The second-order valence-corrected chi connectivity index (χ2v) is 6.57. The Balaban J connectivity index is 1.64. The monoisotopic (exact) mass is 388 g/mol. The summed E-state index contributed by atoms with van der Waals surface area (Å²) in [6.45, 7) is 3.20. The summed E-state index contributed by atoms with van der Waals surface area (Å²) in [7, 11) is 4.53. The van der Waals surface area contributed by atoms with Crippen molar-refractivity contribution in [3.8, 4) is 17.2 Å². The number of amides is 1. The van der Waals surface area contributed by atoms with Crippen LogP contribution in [0.15, 0.2) is 36.4 Å². The summed E-state index contributed by atoms with van der Waals surface area (Å²) < 4.78 is 29.5. The number of halogens is 1. The number of ether oxygens (including phenoxy) is 3. The Bertz CT molecular complexity index is 813. The van der Waals surface area contributed by atoms with Gasteiger partial charge in [-0.05, 0) is 29.8 Å². The van der Waals surface area contributed by atoms with Gasteiger partial charge in [-0.25, -0.2) is 4.39 Å². The number of carbonyl (C=O) groups excluding carboxylic acids is 1. The minimum atomic E-state index is -0.364. The van der Waals surface area contributed by atoms with Crippen LogP contribution in [0.25, 0.3) is 0 Å². The fourth-order valence-corrected chi connectivity index (χ4v) is 3.40. The highest BCUT2D eigenvalue weighted by molar-refractivity contribution is 5.99. The maximum Gasteiger partial charge on any atom is 0.261 e. The van der Waals surface area contributed by atoms with Gasteiger partial charge in [0.05, 0.1) is 21.3 Å². The number of benzene rings is 2. The third kappa shape index (κ3) is 4.20. The van der Waals surface area contributed by atoms with E-state index in [1.165, 1.54) is 27.4 Å². The quantitative estimate of drug-likeness (QED) is 0.762. The molecule has 2 aromatic rings. The van der Waals surface area contributed by atoms with E-state index in [1.54, 1.807) is 29.2 Å². The molecule has 0 N–H and O–H groups in total. The van der Waals surface area contributed by atoms with Gasteiger partial charge in [-0.1, -0.05) is 12.1 Å². The Hall–Kier alpha value is -2.80. The molecule has 2 aromatic carbocycles. The van der Waals surface area contributed by atoms with Crippen LogP contribution in [0.5, 0.6) is 17.2 Å². The first-order valence-electron chi connectivity index (χ1n) is 9.12. The molecule has 1 aliphatic heterocycles. The first kappa shape index (κ1) is 19.9. The average Bonchev–Trinajstić information content (AvgIpc) is 2.73. The maximum absolute atomic E-state index is 13.9. The lowest BCUT2D eigenvalue weighted by Crippen LogP contribution is -2.48. The van der Waals surface area contributed by atoms with Crippen molar-refractivity contribution in [1.29, 1.82) is 0 Å². The van der Waals surface area contributed by atoms with Gasteiger partial charge in [0.15, 0.2) is 11.6 Å². The fraction of sp³-hybridized carbons (Fsp3) is 0.381. The first-order valence-corrected chi connectivity index (χ1v) is 9.12. The first-order chi connectivity index (χ1) is 13.6. The summed E-state index contributed by atoms with van der Waals surface area (Å²) in [5.74, 6) is 0.771. The van der Waals surface area contributed by atoms with Crippen LogP contribution in [-0.2, 0) is 6.54 Å². The molecular weight excluding hydrogens is 363 g/mol. The molecule has 1 amide bonds. The summed E-state index contributed by atoms with van der Waals surface area (Å²) in [4.78, 5) is 17.0. The molecule has 1 heterocycles. The van der Waals surface area contributed by atoms with Crippen molar-refractivity contribution in [2.24, 2.45) is 0 Å². The Kier molecular flexibility index (Phi) is 6.36. The van der Waals surface area contributed by atoms with E-state index in [1.807, 2.05) is 6.07 Å². The van der Waals surface area contributed by atoms with Gasteiger partial charge in [0.2, 0.25) is 0 Å². The summed E-state index contributed by atoms with van der Waals surface area (Å²) in [5, 5.41) is 0. The average molecular weight is 388 g/mol. The second kappa shape index (κ2) is 8.93. The Labute approximate surface area is 164 Å². The normalized spacial score (nSPS) is 14.6. The van der Waals surface area contributed by atoms with Crippen LogP contribution in [-0.4, -0.2) is 63.2 Å². The number of carbonyl (C=O) groups is 1. The zero-order chi connectivity index (χ0) is 20.1. The van der Waals surface area contributed by atoms with Gasteiger partial charge >= 0.3 is 0 Å². The number of methoxy groups -OCH3 is 3. The predicted octanol–water partition coefficient (Wildman–Crippen LogP) is 2.81. The van der Waals surface area contributed by atoms with Gasteiger partial charge in [-0.3, -0.25) is 9.69 Å². The molecule has 3 rings (SSSR count). The molecule has 1 fully saturated rings. The van der Waals surface area contributed by atoms with Crippen molar-refractivity contribution in [3.05, 3.63) is 53.3 Å². The minimum Gasteiger partial charge on any atom is -0.496 e. The van der Waals surface area contributed by atoms with E-state index in [9.17, 15) is 9.18 Å². The summed E-state index contributed by atoms with van der Waals surface area (Å²) in [5.41, 5.74) is 1.32. The lowest BCUT2D eigenvalue weighted by molar-refractivity contribution is 0.0622. The van der Waals surface area contributed by atoms with E-state index in [-0.39, 0.29) is 17.5 Å².